The quantitative estimate of drug-likeness (QED) is 0.497. The molecule has 3 fully saturated rings. The Labute approximate surface area is 213 Å². The second-order valence-electron chi connectivity index (χ2n) is 9.60. The van der Waals surface area contributed by atoms with Crippen molar-refractivity contribution in [2.45, 2.75) is 57.9 Å². The van der Waals surface area contributed by atoms with Crippen LogP contribution in [0.4, 0.5) is 5.82 Å². The van der Waals surface area contributed by atoms with Gasteiger partial charge in [-0.25, -0.2) is 4.98 Å². The largest absolute Gasteiger partial charge is 0.369 e. The fourth-order valence-electron chi connectivity index (χ4n) is 5.26. The summed E-state index contributed by atoms with van der Waals surface area (Å²) in [6.45, 7) is 3.04. The van der Waals surface area contributed by atoms with Crippen molar-refractivity contribution in [1.82, 2.24) is 14.3 Å². The highest BCUT2D eigenvalue weighted by Gasteiger charge is 2.38. The molecule has 0 radical (unpaired) electrons. The number of carbonyl (C=O) groups excluding carboxylic acids is 2. The molecule has 0 aromatic carbocycles. The summed E-state index contributed by atoms with van der Waals surface area (Å²) in [5.74, 6) is -0.0624. The first-order valence-corrected chi connectivity index (χ1v) is 13.4. The van der Waals surface area contributed by atoms with E-state index in [9.17, 15) is 14.4 Å². The number of nitrogens with zero attached hydrogens (tertiary/aromatic N) is 4. The second kappa shape index (κ2) is 9.73. The third-order valence-electron chi connectivity index (χ3n) is 7.22. The van der Waals surface area contributed by atoms with Gasteiger partial charge in [0.05, 0.1) is 10.5 Å². The second-order valence-corrected chi connectivity index (χ2v) is 11.3. The Bertz CT molecular complexity index is 1290. The first-order chi connectivity index (χ1) is 16.8. The van der Waals surface area contributed by atoms with E-state index in [0.29, 0.717) is 52.2 Å². The molecule has 2 aliphatic heterocycles. The number of aryl methyl sites for hydroxylation is 1. The molecule has 2 amide bonds. The van der Waals surface area contributed by atoms with Crippen molar-refractivity contribution in [2.75, 3.05) is 18.0 Å². The van der Waals surface area contributed by atoms with Crippen LogP contribution in [0.5, 0.6) is 0 Å². The number of thiocarbonyl (C=S) groups is 1. The van der Waals surface area contributed by atoms with Crippen LogP contribution in [0.1, 0.15) is 56.1 Å². The highest BCUT2D eigenvalue weighted by molar-refractivity contribution is 8.26. The van der Waals surface area contributed by atoms with Crippen LogP contribution in [0.2, 0.25) is 0 Å². The highest BCUT2D eigenvalue weighted by atomic mass is 32.2. The normalized spacial score (nSPS) is 21.5. The Kier molecular flexibility index (Phi) is 6.67. The summed E-state index contributed by atoms with van der Waals surface area (Å²) in [5, 5.41) is 0. The van der Waals surface area contributed by atoms with Gasteiger partial charge in [-0.1, -0.05) is 49.3 Å². The van der Waals surface area contributed by atoms with Gasteiger partial charge in [0.15, 0.2) is 0 Å². The van der Waals surface area contributed by atoms with Gasteiger partial charge in [-0.3, -0.25) is 23.7 Å². The minimum absolute atomic E-state index is 0.126. The minimum atomic E-state index is -0.293. The molecule has 3 aliphatic rings. The van der Waals surface area contributed by atoms with E-state index < -0.39 is 0 Å². The van der Waals surface area contributed by atoms with E-state index in [1.165, 1.54) is 22.6 Å². The van der Waals surface area contributed by atoms with Crippen molar-refractivity contribution in [1.29, 1.82) is 0 Å². The van der Waals surface area contributed by atoms with Crippen LogP contribution in [0, 0.1) is 12.8 Å². The molecule has 4 heterocycles. The van der Waals surface area contributed by atoms with Crippen LogP contribution in [0.25, 0.3) is 11.7 Å². The third kappa shape index (κ3) is 4.61. The number of carbonyl (C=O) groups is 2. The number of primary amides is 1. The van der Waals surface area contributed by atoms with E-state index in [2.05, 4.69) is 0 Å². The molecule has 2 N–H and O–H groups in total. The van der Waals surface area contributed by atoms with E-state index in [4.69, 9.17) is 22.9 Å². The van der Waals surface area contributed by atoms with Gasteiger partial charge in [0.25, 0.3) is 11.5 Å². The Hall–Kier alpha value is -2.72. The SMILES string of the molecule is Cc1ccc2nc(N3CCC(C(N)=O)CC3)c(/C=C3/SC(=S)N(C4CCCCC4)C3=O)c(=O)n2c1. The molecule has 0 atom stereocenters. The van der Waals surface area contributed by atoms with E-state index in [-0.39, 0.29) is 29.3 Å². The molecule has 184 valence electrons. The maximum atomic E-state index is 13.7. The number of aromatic nitrogens is 2. The van der Waals surface area contributed by atoms with Gasteiger partial charge in [0, 0.05) is 31.2 Å². The molecule has 10 heteroatoms. The van der Waals surface area contributed by atoms with Gasteiger partial charge in [-0.2, -0.15) is 0 Å². The summed E-state index contributed by atoms with van der Waals surface area (Å²) in [5.41, 5.74) is 7.13. The number of hydrogen-bond acceptors (Lipinski definition) is 7. The van der Waals surface area contributed by atoms with Crippen LogP contribution in [0.3, 0.4) is 0 Å². The molecule has 1 saturated carbocycles. The molecule has 5 rings (SSSR count). The van der Waals surface area contributed by atoms with Gasteiger partial charge >= 0.3 is 0 Å². The Morgan fingerprint density at radius 2 is 1.86 bits per heavy atom. The topological polar surface area (TPSA) is 101 Å². The lowest BCUT2D eigenvalue weighted by Crippen LogP contribution is -2.40. The number of pyridine rings is 1. The summed E-state index contributed by atoms with van der Waals surface area (Å²) < 4.78 is 2.09. The molecular weight excluding hydrogens is 482 g/mol. The molecule has 0 spiro atoms. The van der Waals surface area contributed by atoms with Gasteiger partial charge in [-0.05, 0) is 50.3 Å². The summed E-state index contributed by atoms with van der Waals surface area (Å²) >= 11 is 6.85. The summed E-state index contributed by atoms with van der Waals surface area (Å²) in [4.78, 5) is 47.8. The van der Waals surface area contributed by atoms with Crippen LogP contribution in [0.15, 0.2) is 28.0 Å². The maximum Gasteiger partial charge on any atom is 0.267 e. The Balaban J connectivity index is 1.56. The minimum Gasteiger partial charge on any atom is -0.369 e. The molecule has 0 unspecified atom stereocenters. The van der Waals surface area contributed by atoms with Gasteiger partial charge in [0.2, 0.25) is 5.91 Å². The molecular formula is C25H29N5O3S2. The van der Waals surface area contributed by atoms with Crippen LogP contribution < -0.4 is 16.2 Å². The highest BCUT2D eigenvalue weighted by Crippen LogP contribution is 2.38. The van der Waals surface area contributed by atoms with E-state index in [1.54, 1.807) is 17.2 Å². The van der Waals surface area contributed by atoms with Crippen molar-refractivity contribution in [2.24, 2.45) is 11.7 Å². The predicted molar refractivity (Wildman–Crippen MR) is 142 cm³/mol. The van der Waals surface area contributed by atoms with Crippen molar-refractivity contribution in [3.05, 3.63) is 44.7 Å². The zero-order valence-electron chi connectivity index (χ0n) is 19.7. The molecule has 0 bridgehead atoms. The fraction of sp³-hybridized carbons (Fsp3) is 0.480. The number of hydrogen-bond donors (Lipinski definition) is 1. The first-order valence-electron chi connectivity index (χ1n) is 12.2. The first kappa shape index (κ1) is 24.0. The fourth-order valence-corrected chi connectivity index (χ4v) is 6.64. The monoisotopic (exact) mass is 511 g/mol. The van der Waals surface area contributed by atoms with E-state index >= 15 is 0 Å². The molecule has 2 aromatic rings. The standard InChI is InChI=1S/C25H29N5O3S2/c1-15-7-8-20-27-22(28-11-9-16(10-12-28)21(26)31)18(23(32)29(20)14-15)13-19-24(33)30(25(34)35-19)17-5-3-2-4-6-17/h7-8,13-14,16-17H,2-6,9-12H2,1H3,(H2,26,31)/b19-13+. The molecule has 8 nitrogen and oxygen atoms in total. The van der Waals surface area contributed by atoms with Crippen LogP contribution in [-0.4, -0.2) is 49.6 Å². The smallest absolute Gasteiger partial charge is 0.267 e. The van der Waals surface area contributed by atoms with Crippen molar-refractivity contribution < 1.29 is 9.59 Å². The predicted octanol–water partition coefficient (Wildman–Crippen LogP) is 3.24. The lowest BCUT2D eigenvalue weighted by molar-refractivity contribution is -0.124. The van der Waals surface area contributed by atoms with Crippen molar-refractivity contribution >= 4 is 57.7 Å². The molecule has 1 aliphatic carbocycles. The van der Waals surface area contributed by atoms with Crippen molar-refractivity contribution in [3.8, 4) is 0 Å². The average molecular weight is 512 g/mol. The van der Waals surface area contributed by atoms with Crippen LogP contribution >= 0.6 is 24.0 Å². The Morgan fingerprint density at radius 1 is 1.14 bits per heavy atom. The molecule has 35 heavy (non-hydrogen) atoms. The zero-order chi connectivity index (χ0) is 24.7. The number of anilines is 1. The summed E-state index contributed by atoms with van der Waals surface area (Å²) in [6, 6.07) is 3.87. The molecule has 2 saturated heterocycles. The Morgan fingerprint density at radius 3 is 2.54 bits per heavy atom. The number of rotatable bonds is 4. The van der Waals surface area contributed by atoms with E-state index in [1.807, 2.05) is 24.0 Å². The lowest BCUT2D eigenvalue weighted by Gasteiger charge is -2.32. The number of nitrogens with two attached hydrogens (primary N) is 1. The number of fused-ring (bicyclic) bond motifs is 1. The lowest BCUT2D eigenvalue weighted by atomic mass is 9.94. The van der Waals surface area contributed by atoms with Crippen molar-refractivity contribution in [3.63, 3.8) is 0 Å². The maximum absolute atomic E-state index is 13.7. The summed E-state index contributed by atoms with van der Waals surface area (Å²) in [6.07, 6.45) is 9.94. The average Bonchev–Trinajstić information content (AvgIpc) is 3.14. The van der Waals surface area contributed by atoms with Crippen LogP contribution in [-0.2, 0) is 9.59 Å². The van der Waals surface area contributed by atoms with E-state index in [0.717, 1.165) is 31.2 Å². The zero-order valence-corrected chi connectivity index (χ0v) is 21.4. The van der Waals surface area contributed by atoms with Gasteiger partial charge < -0.3 is 10.6 Å². The number of piperidine rings is 1. The number of thioether (sulfide) groups is 1. The number of amides is 2. The third-order valence-corrected chi connectivity index (χ3v) is 8.55. The molecule has 2 aromatic heterocycles. The van der Waals surface area contributed by atoms with Gasteiger partial charge in [-0.15, -0.1) is 0 Å². The summed E-state index contributed by atoms with van der Waals surface area (Å²) in [7, 11) is 0. The van der Waals surface area contributed by atoms with Gasteiger partial charge in [0.1, 0.15) is 15.8 Å².